The molecule has 10 nitrogen and oxygen atoms in total. The molecule has 198 valence electrons. The Morgan fingerprint density at radius 3 is 2.13 bits per heavy atom. The van der Waals surface area contributed by atoms with E-state index in [-0.39, 0.29) is 24.2 Å². The van der Waals surface area contributed by atoms with Crippen LogP contribution in [0.15, 0.2) is 73.1 Å². The molecule has 1 aliphatic heterocycles. The zero-order chi connectivity index (χ0) is 27.0. The number of amides is 3. The zero-order valence-electron chi connectivity index (χ0n) is 20.3. The van der Waals surface area contributed by atoms with Gasteiger partial charge >= 0.3 is 18.4 Å². The second-order valence-electron chi connectivity index (χ2n) is 8.64. The number of likely N-dealkylation sites (tertiary alicyclic amines) is 1. The molecule has 0 aliphatic carbocycles. The third-order valence-electron chi connectivity index (χ3n) is 6.17. The second-order valence-corrected chi connectivity index (χ2v) is 8.64. The van der Waals surface area contributed by atoms with Crippen LogP contribution in [0.3, 0.4) is 0 Å². The van der Waals surface area contributed by atoms with Gasteiger partial charge in [0.05, 0.1) is 11.1 Å². The number of benzene rings is 2. The highest BCUT2D eigenvalue weighted by Gasteiger charge is 2.38. The maximum atomic E-state index is 12.7. The quantitative estimate of drug-likeness (QED) is 0.405. The topological polar surface area (TPSA) is 126 Å². The number of halogens is 2. The largest absolute Gasteiger partial charge is 0.445 e. The Morgan fingerprint density at radius 2 is 1.53 bits per heavy atom. The second kappa shape index (κ2) is 12.1. The van der Waals surface area contributed by atoms with E-state index in [0.717, 1.165) is 11.1 Å². The molecular formula is C26H26F2N6O4. The van der Waals surface area contributed by atoms with Gasteiger partial charge in [-0.3, -0.25) is 20.4 Å². The van der Waals surface area contributed by atoms with Crippen molar-refractivity contribution in [1.82, 2.24) is 25.7 Å². The SMILES string of the molecule is O=C(NNC(=O)C(F)F)c1cnc(NC2(c3ccccc3)CCN(C(=O)OCc3ccccc3)CC2)nc1. The van der Waals surface area contributed by atoms with Crippen LogP contribution in [0.1, 0.15) is 34.3 Å². The molecule has 0 saturated carbocycles. The Kier molecular flexibility index (Phi) is 8.41. The van der Waals surface area contributed by atoms with E-state index < -0.39 is 23.8 Å². The third kappa shape index (κ3) is 6.58. The normalized spacial score (nSPS) is 14.4. The molecule has 3 amide bonds. The lowest BCUT2D eigenvalue weighted by molar-refractivity contribution is -0.132. The molecule has 4 rings (SSSR count). The number of hydrazine groups is 1. The van der Waals surface area contributed by atoms with E-state index in [2.05, 4.69) is 15.3 Å². The van der Waals surface area contributed by atoms with Gasteiger partial charge in [-0.2, -0.15) is 8.78 Å². The van der Waals surface area contributed by atoms with Crippen LogP contribution in [0.5, 0.6) is 0 Å². The van der Waals surface area contributed by atoms with Crippen LogP contribution < -0.4 is 16.2 Å². The van der Waals surface area contributed by atoms with Gasteiger partial charge in [0.15, 0.2) is 0 Å². The number of carbonyl (C=O) groups excluding carboxylic acids is 3. The van der Waals surface area contributed by atoms with Crippen molar-refractivity contribution in [2.45, 2.75) is 31.4 Å². The monoisotopic (exact) mass is 524 g/mol. The van der Waals surface area contributed by atoms with Crippen LogP contribution >= 0.6 is 0 Å². The number of nitrogens with one attached hydrogen (secondary N) is 3. The maximum Gasteiger partial charge on any atom is 0.410 e. The van der Waals surface area contributed by atoms with Gasteiger partial charge in [0.2, 0.25) is 5.95 Å². The fraction of sp³-hybridized carbons (Fsp3) is 0.269. The molecule has 3 aromatic rings. The summed E-state index contributed by atoms with van der Waals surface area (Å²) in [6, 6.07) is 19.1. The Hall–Kier alpha value is -4.61. The van der Waals surface area contributed by atoms with Crippen molar-refractivity contribution in [3.05, 3.63) is 89.7 Å². The van der Waals surface area contributed by atoms with Gasteiger partial charge < -0.3 is 15.0 Å². The highest BCUT2D eigenvalue weighted by molar-refractivity contribution is 5.95. The van der Waals surface area contributed by atoms with Crippen molar-refractivity contribution < 1.29 is 27.9 Å². The van der Waals surface area contributed by atoms with Gasteiger partial charge in [-0.25, -0.2) is 14.8 Å². The fourth-order valence-corrected chi connectivity index (χ4v) is 4.09. The number of nitrogens with zero attached hydrogens (tertiary/aromatic N) is 3. The van der Waals surface area contributed by atoms with Crippen LogP contribution in [0.4, 0.5) is 19.5 Å². The van der Waals surface area contributed by atoms with Crippen molar-refractivity contribution in [2.75, 3.05) is 18.4 Å². The first kappa shape index (κ1) is 26.5. The van der Waals surface area contributed by atoms with Crippen LogP contribution in [0.25, 0.3) is 0 Å². The number of anilines is 1. The number of alkyl halides is 2. The number of ether oxygens (including phenoxy) is 1. The molecule has 2 aromatic carbocycles. The van der Waals surface area contributed by atoms with E-state index in [1.807, 2.05) is 66.1 Å². The highest BCUT2D eigenvalue weighted by Crippen LogP contribution is 2.36. The number of carbonyl (C=O) groups is 3. The summed E-state index contributed by atoms with van der Waals surface area (Å²) < 4.78 is 30.0. The molecule has 0 bridgehead atoms. The smallest absolute Gasteiger partial charge is 0.410 e. The Balaban J connectivity index is 1.40. The highest BCUT2D eigenvalue weighted by atomic mass is 19.3. The summed E-state index contributed by atoms with van der Waals surface area (Å²) in [4.78, 5) is 45.7. The van der Waals surface area contributed by atoms with Crippen molar-refractivity contribution >= 4 is 23.9 Å². The van der Waals surface area contributed by atoms with E-state index >= 15 is 0 Å². The summed E-state index contributed by atoms with van der Waals surface area (Å²) in [5, 5.41) is 3.36. The molecule has 1 aliphatic rings. The predicted molar refractivity (Wildman–Crippen MR) is 133 cm³/mol. The summed E-state index contributed by atoms with van der Waals surface area (Å²) in [6.45, 7) is 1.05. The minimum Gasteiger partial charge on any atom is -0.445 e. The number of hydrogen-bond donors (Lipinski definition) is 3. The van der Waals surface area contributed by atoms with Gasteiger partial charge in [-0.05, 0) is 24.0 Å². The molecule has 1 aromatic heterocycles. The molecule has 0 radical (unpaired) electrons. The summed E-state index contributed by atoms with van der Waals surface area (Å²) in [5.41, 5.74) is 4.77. The van der Waals surface area contributed by atoms with E-state index in [9.17, 15) is 23.2 Å². The first-order valence-electron chi connectivity index (χ1n) is 11.9. The molecule has 1 fully saturated rings. The summed E-state index contributed by atoms with van der Waals surface area (Å²) in [7, 11) is 0. The minimum absolute atomic E-state index is 0.0325. The first-order chi connectivity index (χ1) is 18.4. The summed E-state index contributed by atoms with van der Waals surface area (Å²) in [6.07, 6.45) is -0.127. The molecule has 2 heterocycles. The van der Waals surface area contributed by atoms with E-state index in [1.54, 1.807) is 10.3 Å². The standard InChI is InChI=1S/C26H26F2N6O4/c27-21(28)23(36)33-32-22(35)19-15-29-24(30-16-19)31-26(20-9-5-2-6-10-20)11-13-34(14-12-26)25(37)38-17-18-7-3-1-4-8-18/h1-10,15-16,21H,11-14,17H2,(H,32,35)(H,33,36)(H,29,30,31). The van der Waals surface area contributed by atoms with Gasteiger partial charge in [-0.15, -0.1) is 0 Å². The summed E-state index contributed by atoms with van der Waals surface area (Å²) in [5.74, 6) is -2.23. The molecule has 1 saturated heterocycles. The van der Waals surface area contributed by atoms with Crippen molar-refractivity contribution in [1.29, 1.82) is 0 Å². The van der Waals surface area contributed by atoms with Gasteiger partial charge in [0, 0.05) is 25.5 Å². The maximum absolute atomic E-state index is 12.7. The van der Waals surface area contributed by atoms with E-state index in [0.29, 0.717) is 25.9 Å². The average Bonchev–Trinajstić information content (AvgIpc) is 2.96. The lowest BCUT2D eigenvalue weighted by Crippen LogP contribution is -2.49. The van der Waals surface area contributed by atoms with Crippen LogP contribution in [-0.2, 0) is 21.7 Å². The molecule has 12 heteroatoms. The number of aromatic nitrogens is 2. The van der Waals surface area contributed by atoms with E-state index in [1.165, 1.54) is 12.4 Å². The fourth-order valence-electron chi connectivity index (χ4n) is 4.09. The molecule has 0 spiro atoms. The number of hydrogen-bond acceptors (Lipinski definition) is 7. The van der Waals surface area contributed by atoms with Gasteiger partial charge in [-0.1, -0.05) is 60.7 Å². The average molecular weight is 525 g/mol. The first-order valence-corrected chi connectivity index (χ1v) is 11.9. The zero-order valence-corrected chi connectivity index (χ0v) is 20.3. The predicted octanol–water partition coefficient (Wildman–Crippen LogP) is 3.24. The number of piperidine rings is 1. The van der Waals surface area contributed by atoms with Crippen molar-refractivity contribution in [3.8, 4) is 0 Å². The Labute approximate surface area is 217 Å². The van der Waals surface area contributed by atoms with Gasteiger partial charge in [0.25, 0.3) is 5.91 Å². The van der Waals surface area contributed by atoms with Crippen molar-refractivity contribution in [2.24, 2.45) is 0 Å². The molecule has 3 N–H and O–H groups in total. The summed E-state index contributed by atoms with van der Waals surface area (Å²) >= 11 is 0. The molecular weight excluding hydrogens is 498 g/mol. The number of rotatable bonds is 7. The lowest BCUT2D eigenvalue weighted by atomic mass is 9.81. The van der Waals surface area contributed by atoms with Crippen molar-refractivity contribution in [3.63, 3.8) is 0 Å². The molecule has 0 unspecified atom stereocenters. The minimum atomic E-state index is -3.26. The van der Waals surface area contributed by atoms with Crippen LogP contribution in [-0.4, -0.2) is 52.3 Å². The lowest BCUT2D eigenvalue weighted by Gasteiger charge is -2.42. The third-order valence-corrected chi connectivity index (χ3v) is 6.17. The van der Waals surface area contributed by atoms with Gasteiger partial charge in [0.1, 0.15) is 6.61 Å². The Morgan fingerprint density at radius 1 is 0.921 bits per heavy atom. The van der Waals surface area contributed by atoms with Crippen LogP contribution in [0, 0.1) is 0 Å². The molecule has 0 atom stereocenters. The van der Waals surface area contributed by atoms with Crippen LogP contribution in [0.2, 0.25) is 0 Å². The Bertz CT molecular complexity index is 1240. The van der Waals surface area contributed by atoms with E-state index in [4.69, 9.17) is 4.74 Å². The molecule has 38 heavy (non-hydrogen) atoms.